The van der Waals surface area contributed by atoms with Gasteiger partial charge in [-0.25, -0.2) is 0 Å². The monoisotopic (exact) mass is 325 g/mol. The lowest BCUT2D eigenvalue weighted by Crippen LogP contribution is -2.50. The van der Waals surface area contributed by atoms with Crippen LogP contribution >= 0.6 is 0 Å². The number of allylic oxidation sites excluding steroid dienone is 1. The number of carboxylic acid groups (broad SMARTS) is 1. The van der Waals surface area contributed by atoms with Gasteiger partial charge >= 0.3 is 5.97 Å². The zero-order valence-corrected chi connectivity index (χ0v) is 14.7. The van der Waals surface area contributed by atoms with Crippen LogP contribution in [0.2, 0.25) is 0 Å². The first kappa shape index (κ1) is 15.9. The first-order chi connectivity index (χ1) is 11.4. The summed E-state index contributed by atoms with van der Waals surface area (Å²) in [7, 11) is 0. The molecule has 3 aliphatic rings. The molecule has 1 heterocycles. The summed E-state index contributed by atoms with van der Waals surface area (Å²) in [5, 5.41) is 9.49. The maximum atomic E-state index is 11.5. The maximum absolute atomic E-state index is 11.5. The van der Waals surface area contributed by atoms with E-state index in [-0.39, 0.29) is 5.41 Å². The number of carboxylic acids is 1. The Morgan fingerprint density at radius 3 is 2.79 bits per heavy atom. The summed E-state index contributed by atoms with van der Waals surface area (Å²) < 4.78 is 0. The van der Waals surface area contributed by atoms with Gasteiger partial charge in [-0.3, -0.25) is 9.69 Å². The molecule has 0 bridgehead atoms. The topological polar surface area (TPSA) is 40.5 Å². The molecule has 1 aliphatic heterocycles. The van der Waals surface area contributed by atoms with Crippen LogP contribution in [0.15, 0.2) is 30.3 Å². The van der Waals surface area contributed by atoms with Gasteiger partial charge in [-0.1, -0.05) is 43.3 Å². The van der Waals surface area contributed by atoms with Crippen LogP contribution in [-0.2, 0) is 10.2 Å². The first-order valence-electron chi connectivity index (χ1n) is 9.21. The zero-order chi connectivity index (χ0) is 16.9. The second-order valence-electron chi connectivity index (χ2n) is 8.37. The van der Waals surface area contributed by atoms with Gasteiger partial charge in [-0.15, -0.1) is 0 Å². The molecule has 4 atom stereocenters. The van der Waals surface area contributed by atoms with Gasteiger partial charge in [0.25, 0.3) is 0 Å². The van der Waals surface area contributed by atoms with Crippen molar-refractivity contribution in [3.05, 3.63) is 41.5 Å². The highest BCUT2D eigenvalue weighted by Gasteiger charge is 2.48. The molecule has 24 heavy (non-hydrogen) atoms. The van der Waals surface area contributed by atoms with Gasteiger partial charge in [0.15, 0.2) is 0 Å². The number of benzene rings is 1. The van der Waals surface area contributed by atoms with Crippen molar-refractivity contribution in [3.8, 4) is 0 Å². The van der Waals surface area contributed by atoms with Crippen molar-refractivity contribution in [2.75, 3.05) is 13.1 Å². The molecular formula is C21H27NO2. The van der Waals surface area contributed by atoms with Gasteiger partial charge in [0.2, 0.25) is 0 Å². The molecule has 3 nitrogen and oxygen atoms in total. The summed E-state index contributed by atoms with van der Waals surface area (Å²) in [5.74, 6) is -0.0676. The molecule has 4 rings (SSSR count). The fourth-order valence-electron chi connectivity index (χ4n) is 5.27. The number of hydrogen-bond acceptors (Lipinski definition) is 2. The number of nitrogens with zero attached hydrogens (tertiary/aromatic N) is 1. The van der Waals surface area contributed by atoms with Crippen molar-refractivity contribution in [2.45, 2.75) is 51.0 Å². The van der Waals surface area contributed by atoms with Crippen LogP contribution < -0.4 is 0 Å². The van der Waals surface area contributed by atoms with Crippen molar-refractivity contribution < 1.29 is 9.90 Å². The molecule has 0 amide bonds. The zero-order valence-electron chi connectivity index (χ0n) is 14.7. The van der Waals surface area contributed by atoms with Gasteiger partial charge in [0, 0.05) is 18.0 Å². The van der Waals surface area contributed by atoms with Crippen LogP contribution in [-0.4, -0.2) is 35.1 Å². The standard InChI is InChI=1S/C21H27NO2/c1-15-14-22(17-8-9-20(2,13-17)19(23)24)12-11-21(15)10-7-16-5-3-4-6-18(16)21/h3-7,10,15,17H,8-9,11-14H2,1-2H3,(H,23,24)/t15-,17?,20?,21-/m0/s1. The number of aliphatic carboxylic acids is 1. The number of fused-ring (bicyclic) bond motifs is 2. The van der Waals surface area contributed by atoms with E-state index in [0.29, 0.717) is 12.0 Å². The normalized spacial score (nSPS) is 38.6. The Bertz CT molecular complexity index is 697. The van der Waals surface area contributed by atoms with Crippen molar-refractivity contribution >= 4 is 12.0 Å². The van der Waals surface area contributed by atoms with Crippen LogP contribution in [0.4, 0.5) is 0 Å². The molecule has 128 valence electrons. The van der Waals surface area contributed by atoms with Crippen molar-refractivity contribution in [1.29, 1.82) is 0 Å². The van der Waals surface area contributed by atoms with Crippen molar-refractivity contribution in [1.82, 2.24) is 4.90 Å². The van der Waals surface area contributed by atoms with E-state index in [4.69, 9.17) is 0 Å². The Morgan fingerprint density at radius 1 is 1.29 bits per heavy atom. The van der Waals surface area contributed by atoms with Crippen LogP contribution in [0.1, 0.15) is 50.7 Å². The summed E-state index contributed by atoms with van der Waals surface area (Å²) in [5.41, 5.74) is 2.51. The predicted molar refractivity (Wildman–Crippen MR) is 95.9 cm³/mol. The van der Waals surface area contributed by atoms with E-state index < -0.39 is 11.4 Å². The summed E-state index contributed by atoms with van der Waals surface area (Å²) in [4.78, 5) is 14.1. The van der Waals surface area contributed by atoms with Crippen LogP contribution in [0.3, 0.4) is 0 Å². The Balaban J connectivity index is 1.51. The van der Waals surface area contributed by atoms with Crippen LogP contribution in [0.5, 0.6) is 0 Å². The molecule has 1 saturated heterocycles. The van der Waals surface area contributed by atoms with Gasteiger partial charge in [0.05, 0.1) is 5.41 Å². The molecule has 2 unspecified atom stereocenters. The maximum Gasteiger partial charge on any atom is 0.309 e. The summed E-state index contributed by atoms with van der Waals surface area (Å²) >= 11 is 0. The van der Waals surface area contributed by atoms with Gasteiger partial charge in [-0.05, 0) is 56.2 Å². The highest BCUT2D eigenvalue weighted by molar-refractivity contribution is 5.74. The van der Waals surface area contributed by atoms with E-state index >= 15 is 0 Å². The molecule has 2 fully saturated rings. The number of hydrogen-bond donors (Lipinski definition) is 1. The second-order valence-corrected chi connectivity index (χ2v) is 8.37. The lowest BCUT2D eigenvalue weighted by Gasteiger charge is -2.46. The molecule has 1 spiro atoms. The molecule has 1 aromatic rings. The highest BCUT2D eigenvalue weighted by atomic mass is 16.4. The van der Waals surface area contributed by atoms with E-state index in [0.717, 1.165) is 38.8 Å². The molecule has 0 aromatic heterocycles. The Morgan fingerprint density at radius 2 is 2.08 bits per heavy atom. The average molecular weight is 325 g/mol. The lowest BCUT2D eigenvalue weighted by atomic mass is 9.68. The fraction of sp³-hybridized carbons (Fsp3) is 0.571. The molecule has 0 radical (unpaired) electrons. The van der Waals surface area contributed by atoms with Gasteiger partial charge in [0.1, 0.15) is 0 Å². The predicted octanol–water partition coefficient (Wildman–Crippen LogP) is 3.94. The Kier molecular flexibility index (Phi) is 3.61. The molecule has 3 heteroatoms. The van der Waals surface area contributed by atoms with Gasteiger partial charge in [-0.2, -0.15) is 0 Å². The SMILES string of the molecule is C[C@H]1CN(C2CCC(C)(C(=O)O)C2)CC[C@@]12C=Cc1ccccc12. The van der Waals surface area contributed by atoms with Crippen LogP contribution in [0, 0.1) is 11.3 Å². The van der Waals surface area contributed by atoms with E-state index in [9.17, 15) is 9.90 Å². The minimum absolute atomic E-state index is 0.182. The van der Waals surface area contributed by atoms with E-state index in [2.05, 4.69) is 48.2 Å². The summed E-state index contributed by atoms with van der Waals surface area (Å²) in [6.45, 7) is 6.42. The minimum Gasteiger partial charge on any atom is -0.481 e. The Hall–Kier alpha value is -1.61. The number of likely N-dealkylation sites (tertiary alicyclic amines) is 1. The lowest BCUT2D eigenvalue weighted by molar-refractivity contribution is -0.147. The third-order valence-corrected chi connectivity index (χ3v) is 6.97. The number of piperidine rings is 1. The van der Waals surface area contributed by atoms with E-state index in [1.54, 1.807) is 0 Å². The van der Waals surface area contributed by atoms with Crippen molar-refractivity contribution in [3.63, 3.8) is 0 Å². The minimum atomic E-state index is -0.626. The molecule has 1 N–H and O–H groups in total. The summed E-state index contributed by atoms with van der Waals surface area (Å²) in [6, 6.07) is 9.22. The molecule has 2 aliphatic carbocycles. The number of rotatable bonds is 2. The Labute approximate surface area is 144 Å². The quantitative estimate of drug-likeness (QED) is 0.895. The van der Waals surface area contributed by atoms with Gasteiger partial charge < -0.3 is 5.11 Å². The van der Waals surface area contributed by atoms with E-state index in [1.807, 2.05) is 6.92 Å². The summed E-state index contributed by atoms with van der Waals surface area (Å²) in [6.07, 6.45) is 8.49. The first-order valence-corrected chi connectivity index (χ1v) is 9.21. The molecule has 1 saturated carbocycles. The third kappa shape index (κ3) is 2.25. The average Bonchev–Trinajstić information content (AvgIpc) is 3.14. The van der Waals surface area contributed by atoms with Crippen LogP contribution in [0.25, 0.3) is 6.08 Å². The molecular weight excluding hydrogens is 298 g/mol. The highest BCUT2D eigenvalue weighted by Crippen LogP contribution is 2.49. The smallest absolute Gasteiger partial charge is 0.309 e. The van der Waals surface area contributed by atoms with Crippen molar-refractivity contribution in [2.24, 2.45) is 11.3 Å². The second kappa shape index (κ2) is 5.45. The third-order valence-electron chi connectivity index (χ3n) is 6.97. The largest absolute Gasteiger partial charge is 0.481 e. The fourth-order valence-corrected chi connectivity index (χ4v) is 5.27. The molecule has 1 aromatic carbocycles. The number of carbonyl (C=O) groups is 1. The van der Waals surface area contributed by atoms with E-state index in [1.165, 1.54) is 11.1 Å².